The third kappa shape index (κ3) is 1.69. The summed E-state index contributed by atoms with van der Waals surface area (Å²) in [5.74, 6) is -0.934. The van der Waals surface area contributed by atoms with Gasteiger partial charge in [0.25, 0.3) is 0 Å². The SMILES string of the molecule is O=Cc1ccc2n1C[C@@]1(C[C@@H](O)[C@H](CO)O1)OC2. The molecule has 1 aromatic heterocycles. The van der Waals surface area contributed by atoms with Gasteiger partial charge in [0.1, 0.15) is 6.10 Å². The van der Waals surface area contributed by atoms with Gasteiger partial charge in [-0.05, 0) is 12.1 Å². The first-order valence-electron chi connectivity index (χ1n) is 5.92. The van der Waals surface area contributed by atoms with Crippen LogP contribution in [0.1, 0.15) is 22.6 Å². The smallest absolute Gasteiger partial charge is 0.189 e. The summed E-state index contributed by atoms with van der Waals surface area (Å²) in [7, 11) is 0. The van der Waals surface area contributed by atoms with E-state index in [1.807, 2.05) is 10.6 Å². The highest BCUT2D eigenvalue weighted by molar-refractivity contribution is 5.72. The second-order valence-corrected chi connectivity index (χ2v) is 4.76. The minimum absolute atomic E-state index is 0.245. The molecule has 1 fully saturated rings. The quantitative estimate of drug-likeness (QED) is 0.705. The van der Waals surface area contributed by atoms with Crippen LogP contribution in [0.15, 0.2) is 12.1 Å². The highest BCUT2D eigenvalue weighted by atomic mass is 16.7. The lowest BCUT2D eigenvalue weighted by Crippen LogP contribution is -2.42. The molecule has 0 saturated carbocycles. The molecule has 3 atom stereocenters. The summed E-state index contributed by atoms with van der Waals surface area (Å²) in [5.41, 5.74) is 1.48. The minimum Gasteiger partial charge on any atom is -0.394 e. The molecular weight excluding hydrogens is 238 g/mol. The maximum atomic E-state index is 10.9. The fourth-order valence-electron chi connectivity index (χ4n) is 2.65. The van der Waals surface area contributed by atoms with Gasteiger partial charge in [0.15, 0.2) is 12.1 Å². The van der Waals surface area contributed by atoms with Crippen LogP contribution in [0, 0.1) is 0 Å². The molecule has 2 aliphatic heterocycles. The van der Waals surface area contributed by atoms with Gasteiger partial charge in [-0.15, -0.1) is 0 Å². The Hall–Kier alpha value is -1.21. The van der Waals surface area contributed by atoms with Crippen LogP contribution in [-0.4, -0.2) is 45.7 Å². The van der Waals surface area contributed by atoms with E-state index in [1.165, 1.54) is 0 Å². The largest absolute Gasteiger partial charge is 0.394 e. The Bertz CT molecular complexity index is 471. The fraction of sp³-hybridized carbons (Fsp3) is 0.583. The molecule has 6 heteroatoms. The zero-order valence-corrected chi connectivity index (χ0v) is 9.78. The van der Waals surface area contributed by atoms with Crippen LogP contribution in [0.4, 0.5) is 0 Å². The van der Waals surface area contributed by atoms with Crippen LogP contribution in [-0.2, 0) is 22.6 Å². The first-order chi connectivity index (χ1) is 8.67. The van der Waals surface area contributed by atoms with Crippen LogP contribution >= 0.6 is 0 Å². The van der Waals surface area contributed by atoms with Crippen LogP contribution in [0.5, 0.6) is 0 Å². The van der Waals surface area contributed by atoms with Crippen molar-refractivity contribution in [3.63, 3.8) is 0 Å². The first kappa shape index (κ1) is 11.9. The van der Waals surface area contributed by atoms with Crippen molar-refractivity contribution in [1.29, 1.82) is 0 Å². The molecule has 18 heavy (non-hydrogen) atoms. The Kier molecular flexibility index (Phi) is 2.74. The first-order valence-corrected chi connectivity index (χ1v) is 5.92. The van der Waals surface area contributed by atoms with Gasteiger partial charge in [0.05, 0.1) is 31.6 Å². The maximum Gasteiger partial charge on any atom is 0.189 e. The molecule has 0 unspecified atom stereocenters. The molecule has 0 aliphatic carbocycles. The molecule has 2 aliphatic rings. The number of aliphatic hydroxyl groups is 2. The van der Waals surface area contributed by atoms with Gasteiger partial charge in [-0.2, -0.15) is 0 Å². The van der Waals surface area contributed by atoms with E-state index >= 15 is 0 Å². The van der Waals surface area contributed by atoms with E-state index in [0.29, 0.717) is 25.3 Å². The van der Waals surface area contributed by atoms with E-state index in [9.17, 15) is 9.90 Å². The number of aliphatic hydroxyl groups excluding tert-OH is 2. The summed E-state index contributed by atoms with van der Waals surface area (Å²) in [6, 6.07) is 3.57. The predicted octanol–water partition coefficient (Wildman–Crippen LogP) is -0.331. The van der Waals surface area contributed by atoms with Gasteiger partial charge < -0.3 is 24.3 Å². The lowest BCUT2D eigenvalue weighted by molar-refractivity contribution is -0.255. The van der Waals surface area contributed by atoms with Gasteiger partial charge in [-0.25, -0.2) is 0 Å². The van der Waals surface area contributed by atoms with Gasteiger partial charge in [0, 0.05) is 12.1 Å². The molecule has 2 N–H and O–H groups in total. The number of aldehydes is 1. The summed E-state index contributed by atoms with van der Waals surface area (Å²) in [4.78, 5) is 10.9. The monoisotopic (exact) mass is 253 g/mol. The minimum atomic E-state index is -0.934. The van der Waals surface area contributed by atoms with Crippen LogP contribution in [0.25, 0.3) is 0 Å². The van der Waals surface area contributed by atoms with Crippen molar-refractivity contribution in [3.05, 3.63) is 23.5 Å². The van der Waals surface area contributed by atoms with E-state index < -0.39 is 18.0 Å². The predicted molar refractivity (Wildman–Crippen MR) is 59.9 cm³/mol. The molecule has 0 aromatic carbocycles. The van der Waals surface area contributed by atoms with Crippen molar-refractivity contribution >= 4 is 6.29 Å². The number of carbonyl (C=O) groups excluding carboxylic acids is 1. The molecule has 0 radical (unpaired) electrons. The van der Waals surface area contributed by atoms with E-state index in [0.717, 1.165) is 12.0 Å². The molecular formula is C12H15NO5. The van der Waals surface area contributed by atoms with Gasteiger partial charge in [-0.1, -0.05) is 0 Å². The number of fused-ring (bicyclic) bond motifs is 1. The van der Waals surface area contributed by atoms with E-state index in [1.54, 1.807) is 6.07 Å². The number of aromatic nitrogens is 1. The molecule has 98 valence electrons. The van der Waals surface area contributed by atoms with E-state index in [4.69, 9.17) is 14.6 Å². The summed E-state index contributed by atoms with van der Waals surface area (Å²) in [6.07, 6.45) is -0.278. The van der Waals surface area contributed by atoms with E-state index in [2.05, 4.69) is 0 Å². The Morgan fingerprint density at radius 2 is 2.39 bits per heavy atom. The molecule has 3 rings (SSSR count). The molecule has 1 aromatic rings. The maximum absolute atomic E-state index is 10.9. The second-order valence-electron chi connectivity index (χ2n) is 4.76. The molecule has 0 bridgehead atoms. The molecule has 3 heterocycles. The van der Waals surface area contributed by atoms with Crippen molar-refractivity contribution in [1.82, 2.24) is 4.57 Å². The molecule has 0 amide bonds. The third-order valence-electron chi connectivity index (χ3n) is 3.60. The normalized spacial score (nSPS) is 34.8. The van der Waals surface area contributed by atoms with Crippen molar-refractivity contribution in [2.24, 2.45) is 0 Å². The van der Waals surface area contributed by atoms with Gasteiger partial charge in [-0.3, -0.25) is 4.79 Å². The number of hydrogen-bond donors (Lipinski definition) is 2. The van der Waals surface area contributed by atoms with Crippen molar-refractivity contribution in [2.75, 3.05) is 6.61 Å². The molecule has 1 saturated heterocycles. The average Bonchev–Trinajstić information content (AvgIpc) is 2.90. The zero-order valence-electron chi connectivity index (χ0n) is 9.78. The third-order valence-corrected chi connectivity index (χ3v) is 3.60. The Morgan fingerprint density at radius 1 is 1.56 bits per heavy atom. The summed E-state index contributed by atoms with van der Waals surface area (Å²) in [6.45, 7) is 0.445. The Labute approximate surface area is 104 Å². The van der Waals surface area contributed by atoms with Crippen LogP contribution < -0.4 is 0 Å². The highest BCUT2D eigenvalue weighted by Gasteiger charge is 2.49. The van der Waals surface area contributed by atoms with Gasteiger partial charge in [0.2, 0.25) is 0 Å². The Morgan fingerprint density at radius 3 is 3.06 bits per heavy atom. The molecule has 6 nitrogen and oxygen atoms in total. The summed E-state index contributed by atoms with van der Waals surface area (Å²) in [5, 5.41) is 18.9. The summed E-state index contributed by atoms with van der Waals surface area (Å²) >= 11 is 0. The average molecular weight is 253 g/mol. The lowest BCUT2D eigenvalue weighted by Gasteiger charge is -2.35. The van der Waals surface area contributed by atoms with Gasteiger partial charge >= 0.3 is 0 Å². The summed E-state index contributed by atoms with van der Waals surface area (Å²) < 4.78 is 13.1. The van der Waals surface area contributed by atoms with Crippen molar-refractivity contribution < 1.29 is 24.5 Å². The lowest BCUT2D eigenvalue weighted by atomic mass is 10.1. The highest BCUT2D eigenvalue weighted by Crippen LogP contribution is 2.37. The second kappa shape index (κ2) is 4.17. The fourth-order valence-corrected chi connectivity index (χ4v) is 2.65. The number of nitrogens with zero attached hydrogens (tertiary/aromatic N) is 1. The van der Waals surface area contributed by atoms with Crippen molar-refractivity contribution in [3.8, 4) is 0 Å². The zero-order chi connectivity index (χ0) is 12.8. The standard InChI is InChI=1S/C12H15NO5/c14-4-8-1-2-9-6-17-12(7-13(8)9)3-10(16)11(5-15)18-12/h1-2,4,10-11,15-16H,3,5-7H2/t10-,11+,12+/m1/s1. The molecule has 1 spiro atoms. The number of rotatable bonds is 2. The van der Waals surface area contributed by atoms with E-state index in [-0.39, 0.29) is 6.61 Å². The van der Waals surface area contributed by atoms with Crippen LogP contribution in [0.3, 0.4) is 0 Å². The number of hydrogen-bond acceptors (Lipinski definition) is 5. The number of carbonyl (C=O) groups is 1. The Balaban J connectivity index is 1.88. The van der Waals surface area contributed by atoms with Crippen LogP contribution in [0.2, 0.25) is 0 Å². The number of ether oxygens (including phenoxy) is 2. The topological polar surface area (TPSA) is 80.9 Å². The van der Waals surface area contributed by atoms with Crippen molar-refractivity contribution in [2.45, 2.75) is 37.6 Å².